The van der Waals surface area contributed by atoms with Gasteiger partial charge in [-0.1, -0.05) is 24.3 Å². The molecule has 4 rings (SSSR count). The molecule has 0 aromatic heterocycles. The van der Waals surface area contributed by atoms with Crippen LogP contribution in [0.4, 0.5) is 0 Å². The Morgan fingerprint density at radius 1 is 0.720 bits per heavy atom. The van der Waals surface area contributed by atoms with Crippen molar-refractivity contribution in [1.29, 1.82) is 0 Å². The van der Waals surface area contributed by atoms with Crippen molar-refractivity contribution in [3.05, 3.63) is 72.8 Å². The lowest BCUT2D eigenvalue weighted by molar-refractivity contribution is 0.131. The molecule has 0 saturated carbocycles. The molecule has 1 aliphatic heterocycles. The van der Waals surface area contributed by atoms with Gasteiger partial charge in [-0.25, -0.2) is 0 Å². The van der Waals surface area contributed by atoms with E-state index in [1.165, 1.54) is 14.7 Å². The van der Waals surface area contributed by atoms with Crippen LogP contribution >= 0.6 is 0 Å². The minimum atomic E-state index is -0.193. The molecule has 3 heteroatoms. The van der Waals surface area contributed by atoms with E-state index in [4.69, 9.17) is 9.47 Å². The van der Waals surface area contributed by atoms with Crippen LogP contribution in [-0.2, 0) is 10.9 Å². The Labute approximate surface area is 151 Å². The number of hydrogen-bond acceptors (Lipinski definition) is 2. The first kappa shape index (κ1) is 16.1. The first-order valence-corrected chi connectivity index (χ1v) is 9.63. The summed E-state index contributed by atoms with van der Waals surface area (Å²) in [6, 6.07) is 25.1. The zero-order valence-corrected chi connectivity index (χ0v) is 15.5. The molecule has 0 N–H and O–H groups in total. The zero-order valence-electron chi connectivity index (χ0n) is 14.7. The van der Waals surface area contributed by atoms with Gasteiger partial charge in [0.05, 0.1) is 0 Å². The normalized spacial score (nSPS) is 13.6. The molecule has 1 heterocycles. The molecule has 3 aromatic rings. The van der Waals surface area contributed by atoms with Crippen LogP contribution in [0.3, 0.4) is 0 Å². The standard InChI is InChI=1S/C22H21O2S/c1-22(2,3)24-16-12-14-17(15-13-16)25-20-10-6-4-8-18(20)23-19-9-5-7-11-21(19)25/h4-15H,1-3H3/q+1. The fourth-order valence-electron chi connectivity index (χ4n) is 2.89. The Kier molecular flexibility index (Phi) is 3.97. The van der Waals surface area contributed by atoms with Crippen molar-refractivity contribution in [3.8, 4) is 17.2 Å². The number of para-hydroxylation sites is 2. The van der Waals surface area contributed by atoms with Gasteiger partial charge in [0, 0.05) is 0 Å². The van der Waals surface area contributed by atoms with Crippen LogP contribution in [0.15, 0.2) is 87.5 Å². The molecular formula is C22H21O2S+. The van der Waals surface area contributed by atoms with Gasteiger partial charge in [0.25, 0.3) is 0 Å². The highest BCUT2D eigenvalue weighted by Crippen LogP contribution is 2.46. The zero-order chi connectivity index (χ0) is 17.4. The third-order valence-corrected chi connectivity index (χ3v) is 6.14. The topological polar surface area (TPSA) is 18.5 Å². The van der Waals surface area contributed by atoms with Crippen LogP contribution in [-0.4, -0.2) is 5.60 Å². The lowest BCUT2D eigenvalue weighted by atomic mass is 10.2. The highest BCUT2D eigenvalue weighted by Gasteiger charge is 2.38. The Balaban J connectivity index is 1.77. The van der Waals surface area contributed by atoms with Gasteiger partial charge in [0.15, 0.2) is 16.4 Å². The molecule has 0 bridgehead atoms. The highest BCUT2D eigenvalue weighted by atomic mass is 32.2. The molecule has 0 spiro atoms. The fraction of sp³-hybridized carbons (Fsp3) is 0.182. The van der Waals surface area contributed by atoms with E-state index in [0.717, 1.165) is 17.2 Å². The lowest BCUT2D eigenvalue weighted by Gasteiger charge is -2.22. The second-order valence-corrected chi connectivity index (χ2v) is 8.95. The predicted octanol–water partition coefficient (Wildman–Crippen LogP) is 6.07. The Hall–Kier alpha value is -2.39. The molecule has 25 heavy (non-hydrogen) atoms. The van der Waals surface area contributed by atoms with E-state index in [9.17, 15) is 0 Å². The SMILES string of the molecule is CC(C)(C)Oc1ccc([S+]2c3ccccc3Oc3ccccc32)cc1. The third-order valence-electron chi connectivity index (χ3n) is 3.84. The van der Waals surface area contributed by atoms with Crippen LogP contribution in [0.25, 0.3) is 0 Å². The van der Waals surface area contributed by atoms with Crippen LogP contribution in [0, 0.1) is 0 Å². The van der Waals surface area contributed by atoms with Gasteiger partial charge in [0.1, 0.15) is 22.2 Å². The fourth-order valence-corrected chi connectivity index (χ4v) is 5.10. The summed E-state index contributed by atoms with van der Waals surface area (Å²) in [6.45, 7) is 6.19. The molecule has 0 aliphatic carbocycles. The largest absolute Gasteiger partial charge is 0.488 e. The smallest absolute Gasteiger partial charge is 0.209 e. The summed E-state index contributed by atoms with van der Waals surface area (Å²) >= 11 is 0. The number of ether oxygens (including phenoxy) is 2. The van der Waals surface area contributed by atoms with Crippen molar-refractivity contribution >= 4 is 10.9 Å². The van der Waals surface area contributed by atoms with Gasteiger partial charge >= 0.3 is 0 Å². The summed E-state index contributed by atoms with van der Waals surface area (Å²) in [5.41, 5.74) is -0.193. The lowest BCUT2D eigenvalue weighted by Crippen LogP contribution is -2.22. The summed E-state index contributed by atoms with van der Waals surface area (Å²) in [4.78, 5) is 3.72. The van der Waals surface area contributed by atoms with E-state index in [2.05, 4.69) is 69.3 Å². The third kappa shape index (κ3) is 3.24. The van der Waals surface area contributed by atoms with Gasteiger partial charge in [0.2, 0.25) is 9.79 Å². The molecule has 0 radical (unpaired) electrons. The quantitative estimate of drug-likeness (QED) is 0.409. The Morgan fingerprint density at radius 2 is 1.24 bits per heavy atom. The van der Waals surface area contributed by atoms with Crippen molar-refractivity contribution in [2.45, 2.75) is 41.1 Å². The Bertz CT molecular complexity index is 849. The van der Waals surface area contributed by atoms with Crippen LogP contribution < -0.4 is 9.47 Å². The van der Waals surface area contributed by atoms with E-state index >= 15 is 0 Å². The van der Waals surface area contributed by atoms with Crippen molar-refractivity contribution in [2.75, 3.05) is 0 Å². The maximum absolute atomic E-state index is 6.10. The van der Waals surface area contributed by atoms with Crippen molar-refractivity contribution in [1.82, 2.24) is 0 Å². The second kappa shape index (κ2) is 6.16. The van der Waals surface area contributed by atoms with E-state index in [1.54, 1.807) is 0 Å². The summed E-state index contributed by atoms with van der Waals surface area (Å²) in [6.07, 6.45) is 0. The molecule has 126 valence electrons. The van der Waals surface area contributed by atoms with Gasteiger partial charge < -0.3 is 9.47 Å². The summed E-state index contributed by atoms with van der Waals surface area (Å²) in [5.74, 6) is 2.79. The maximum atomic E-state index is 6.10. The summed E-state index contributed by atoms with van der Waals surface area (Å²) < 4.78 is 12.1. The minimum absolute atomic E-state index is 0.170. The average molecular weight is 349 g/mol. The summed E-state index contributed by atoms with van der Waals surface area (Å²) in [7, 11) is -0.170. The number of rotatable bonds is 2. The van der Waals surface area contributed by atoms with Crippen molar-refractivity contribution in [2.24, 2.45) is 0 Å². The minimum Gasteiger partial charge on any atom is -0.488 e. The summed E-state index contributed by atoms with van der Waals surface area (Å²) in [5, 5.41) is 0. The molecule has 0 fully saturated rings. The number of fused-ring (bicyclic) bond motifs is 2. The van der Waals surface area contributed by atoms with Crippen molar-refractivity contribution < 1.29 is 9.47 Å². The van der Waals surface area contributed by atoms with Gasteiger partial charge in [-0.2, -0.15) is 0 Å². The monoisotopic (exact) mass is 349 g/mol. The van der Waals surface area contributed by atoms with Crippen LogP contribution in [0.5, 0.6) is 17.2 Å². The van der Waals surface area contributed by atoms with E-state index < -0.39 is 0 Å². The van der Waals surface area contributed by atoms with Crippen LogP contribution in [0.1, 0.15) is 20.8 Å². The van der Waals surface area contributed by atoms with Gasteiger partial charge in [-0.3, -0.25) is 0 Å². The Morgan fingerprint density at radius 3 is 1.76 bits per heavy atom. The van der Waals surface area contributed by atoms with E-state index in [1.807, 2.05) is 24.3 Å². The number of benzene rings is 3. The van der Waals surface area contributed by atoms with E-state index in [-0.39, 0.29) is 16.5 Å². The van der Waals surface area contributed by atoms with Crippen molar-refractivity contribution in [3.63, 3.8) is 0 Å². The first-order chi connectivity index (χ1) is 12.0. The number of hydrogen-bond donors (Lipinski definition) is 0. The first-order valence-electron chi connectivity index (χ1n) is 8.40. The highest BCUT2D eigenvalue weighted by molar-refractivity contribution is 7.97. The van der Waals surface area contributed by atoms with Gasteiger partial charge in [-0.05, 0) is 69.3 Å². The second-order valence-electron chi connectivity index (χ2n) is 6.99. The molecule has 0 amide bonds. The van der Waals surface area contributed by atoms with Crippen LogP contribution in [0.2, 0.25) is 0 Å². The predicted molar refractivity (Wildman–Crippen MR) is 102 cm³/mol. The molecular weight excluding hydrogens is 328 g/mol. The molecule has 2 nitrogen and oxygen atoms in total. The maximum Gasteiger partial charge on any atom is 0.209 e. The molecule has 0 atom stereocenters. The average Bonchev–Trinajstić information content (AvgIpc) is 2.59. The molecule has 0 saturated heterocycles. The van der Waals surface area contributed by atoms with E-state index in [0.29, 0.717) is 0 Å². The molecule has 0 unspecified atom stereocenters. The van der Waals surface area contributed by atoms with Gasteiger partial charge in [-0.15, -0.1) is 0 Å². The molecule has 3 aromatic carbocycles. The molecule has 1 aliphatic rings.